The molecule has 0 unspecified atom stereocenters. The zero-order valence-corrected chi connectivity index (χ0v) is 16.4. The van der Waals surface area contributed by atoms with Crippen molar-refractivity contribution in [3.8, 4) is 5.75 Å². The van der Waals surface area contributed by atoms with Crippen molar-refractivity contribution in [3.05, 3.63) is 46.9 Å². The summed E-state index contributed by atoms with van der Waals surface area (Å²) >= 11 is 0. The van der Waals surface area contributed by atoms with E-state index in [2.05, 4.69) is 29.7 Å². The predicted molar refractivity (Wildman–Crippen MR) is 106 cm³/mol. The van der Waals surface area contributed by atoms with E-state index in [9.17, 15) is 9.59 Å². The molecule has 1 aliphatic rings. The van der Waals surface area contributed by atoms with Crippen LogP contribution in [0.5, 0.6) is 5.75 Å². The van der Waals surface area contributed by atoms with Crippen LogP contribution in [0.1, 0.15) is 47.7 Å². The van der Waals surface area contributed by atoms with Crippen LogP contribution in [0.15, 0.2) is 33.8 Å². The summed E-state index contributed by atoms with van der Waals surface area (Å²) in [5.74, 6) is 1.26. The molecule has 1 aromatic heterocycles. The molecule has 0 radical (unpaired) electrons. The molecule has 148 valence electrons. The summed E-state index contributed by atoms with van der Waals surface area (Å²) in [6.07, 6.45) is 1.29. The minimum atomic E-state index is -0.740. The van der Waals surface area contributed by atoms with Crippen LogP contribution in [0, 0.1) is 12.3 Å². The van der Waals surface area contributed by atoms with Crippen LogP contribution < -0.4 is 21.2 Å². The minimum Gasteiger partial charge on any atom is -0.497 e. The second-order valence-electron chi connectivity index (χ2n) is 7.59. The number of amides is 3. The molecule has 4 N–H and O–H groups in total. The van der Waals surface area contributed by atoms with Crippen molar-refractivity contribution in [1.82, 2.24) is 5.43 Å². The van der Waals surface area contributed by atoms with Gasteiger partial charge in [-0.1, -0.05) is 13.8 Å². The van der Waals surface area contributed by atoms with E-state index in [-0.39, 0.29) is 17.1 Å². The SMILES string of the molecule is COc1ccc(NC(=O)c2oc3c(c2C)/C(=N\NC(N)=O)CC(C)(C)C3)cc1. The summed E-state index contributed by atoms with van der Waals surface area (Å²) < 4.78 is 11.0. The smallest absolute Gasteiger partial charge is 0.332 e. The predicted octanol–water partition coefficient (Wildman–Crippen LogP) is 3.19. The Labute approximate surface area is 163 Å². The monoisotopic (exact) mass is 384 g/mol. The van der Waals surface area contributed by atoms with Gasteiger partial charge < -0.3 is 20.2 Å². The number of hydrogen-bond donors (Lipinski definition) is 3. The Bertz CT molecular complexity index is 942. The first kappa shape index (κ1) is 19.5. The van der Waals surface area contributed by atoms with E-state index in [0.717, 1.165) is 5.56 Å². The third kappa shape index (κ3) is 4.00. The quantitative estimate of drug-likeness (QED) is 0.701. The summed E-state index contributed by atoms with van der Waals surface area (Å²) in [6, 6.07) is 6.29. The van der Waals surface area contributed by atoms with Gasteiger partial charge in [0.2, 0.25) is 0 Å². The molecule has 0 atom stereocenters. The Morgan fingerprint density at radius 2 is 1.89 bits per heavy atom. The average molecular weight is 384 g/mol. The lowest BCUT2D eigenvalue weighted by atomic mass is 9.75. The standard InChI is InChI=1S/C20H24N4O4/c1-11-16-14(23-24-19(21)26)9-20(2,3)10-15(16)28-17(11)18(25)22-12-5-7-13(27-4)8-6-12/h5-8H,9-10H2,1-4H3,(H,22,25)(H3,21,24,26)/b23-14-. The molecular formula is C20H24N4O4. The van der Waals surface area contributed by atoms with E-state index < -0.39 is 6.03 Å². The van der Waals surface area contributed by atoms with E-state index in [1.165, 1.54) is 0 Å². The second kappa shape index (κ2) is 7.38. The van der Waals surface area contributed by atoms with Gasteiger partial charge in [-0.25, -0.2) is 10.2 Å². The molecule has 8 nitrogen and oxygen atoms in total. The summed E-state index contributed by atoms with van der Waals surface area (Å²) in [7, 11) is 1.58. The summed E-state index contributed by atoms with van der Waals surface area (Å²) in [4.78, 5) is 23.8. The maximum absolute atomic E-state index is 12.8. The lowest BCUT2D eigenvalue weighted by Gasteiger charge is -2.29. The van der Waals surface area contributed by atoms with Crippen LogP contribution in [0.25, 0.3) is 0 Å². The van der Waals surface area contributed by atoms with Crippen molar-refractivity contribution < 1.29 is 18.7 Å². The topological polar surface area (TPSA) is 119 Å². The number of ether oxygens (including phenoxy) is 1. The largest absolute Gasteiger partial charge is 0.497 e. The third-order valence-electron chi connectivity index (χ3n) is 4.65. The van der Waals surface area contributed by atoms with Gasteiger partial charge in [0.15, 0.2) is 5.76 Å². The fraction of sp³-hybridized carbons (Fsp3) is 0.350. The van der Waals surface area contributed by atoms with Crippen LogP contribution in [0.3, 0.4) is 0 Å². The van der Waals surface area contributed by atoms with Crippen molar-refractivity contribution in [1.29, 1.82) is 0 Å². The van der Waals surface area contributed by atoms with Crippen LogP contribution in [0.2, 0.25) is 0 Å². The number of nitrogens with two attached hydrogens (primary N) is 1. The van der Waals surface area contributed by atoms with Gasteiger partial charge in [0.25, 0.3) is 5.91 Å². The molecule has 2 aromatic rings. The number of fused-ring (bicyclic) bond motifs is 1. The summed E-state index contributed by atoms with van der Waals surface area (Å²) in [5, 5.41) is 6.97. The van der Waals surface area contributed by atoms with Gasteiger partial charge in [-0.2, -0.15) is 5.10 Å². The number of urea groups is 1. The number of carbonyl (C=O) groups is 2. The van der Waals surface area contributed by atoms with Crippen molar-refractivity contribution in [2.24, 2.45) is 16.3 Å². The molecule has 1 aromatic carbocycles. The van der Waals surface area contributed by atoms with Gasteiger partial charge in [0, 0.05) is 23.2 Å². The van der Waals surface area contributed by atoms with Crippen molar-refractivity contribution in [2.75, 3.05) is 12.4 Å². The fourth-order valence-electron chi connectivity index (χ4n) is 3.41. The van der Waals surface area contributed by atoms with Crippen molar-refractivity contribution >= 4 is 23.3 Å². The Kier molecular flexibility index (Phi) is 5.13. The minimum absolute atomic E-state index is 0.126. The van der Waals surface area contributed by atoms with Gasteiger partial charge in [-0.3, -0.25) is 4.79 Å². The molecular weight excluding hydrogens is 360 g/mol. The third-order valence-corrected chi connectivity index (χ3v) is 4.65. The highest BCUT2D eigenvalue weighted by Crippen LogP contribution is 2.39. The van der Waals surface area contributed by atoms with Crippen LogP contribution >= 0.6 is 0 Å². The molecule has 1 heterocycles. The number of nitrogens with one attached hydrogen (secondary N) is 2. The summed E-state index contributed by atoms with van der Waals surface area (Å²) in [6.45, 7) is 5.96. The van der Waals surface area contributed by atoms with Crippen LogP contribution in [-0.2, 0) is 6.42 Å². The number of anilines is 1. The average Bonchev–Trinajstić information content (AvgIpc) is 2.95. The lowest BCUT2D eigenvalue weighted by Crippen LogP contribution is -2.31. The molecule has 0 bridgehead atoms. The molecule has 0 saturated heterocycles. The Hall–Kier alpha value is -3.29. The zero-order valence-electron chi connectivity index (χ0n) is 16.4. The van der Waals surface area contributed by atoms with Crippen molar-refractivity contribution in [3.63, 3.8) is 0 Å². The summed E-state index contributed by atoms with van der Waals surface area (Å²) in [5.41, 5.74) is 10.0. The fourth-order valence-corrected chi connectivity index (χ4v) is 3.41. The number of nitrogens with zero attached hydrogens (tertiary/aromatic N) is 1. The zero-order chi connectivity index (χ0) is 20.5. The first-order valence-corrected chi connectivity index (χ1v) is 8.90. The highest BCUT2D eigenvalue weighted by atomic mass is 16.5. The maximum atomic E-state index is 12.8. The van der Waals surface area contributed by atoms with E-state index in [1.807, 2.05) is 6.92 Å². The Morgan fingerprint density at radius 1 is 1.21 bits per heavy atom. The molecule has 0 aliphatic heterocycles. The van der Waals surface area contributed by atoms with Gasteiger partial charge >= 0.3 is 6.03 Å². The maximum Gasteiger partial charge on any atom is 0.332 e. The first-order chi connectivity index (χ1) is 13.2. The number of hydrogen-bond acceptors (Lipinski definition) is 5. The molecule has 8 heteroatoms. The number of methoxy groups -OCH3 is 1. The number of carbonyl (C=O) groups excluding carboxylic acids is 2. The molecule has 3 rings (SSSR count). The van der Waals surface area contributed by atoms with E-state index in [1.54, 1.807) is 31.4 Å². The first-order valence-electron chi connectivity index (χ1n) is 8.90. The molecule has 0 spiro atoms. The molecule has 0 fully saturated rings. The number of hydrazone groups is 1. The van der Waals surface area contributed by atoms with E-state index in [0.29, 0.717) is 41.3 Å². The number of primary amides is 1. The highest BCUT2D eigenvalue weighted by molar-refractivity contribution is 6.09. The number of rotatable bonds is 4. The Morgan fingerprint density at radius 3 is 2.50 bits per heavy atom. The van der Waals surface area contributed by atoms with Crippen LogP contribution in [-0.4, -0.2) is 24.8 Å². The number of benzene rings is 1. The number of furan rings is 1. The van der Waals surface area contributed by atoms with Crippen LogP contribution in [0.4, 0.5) is 10.5 Å². The normalized spacial score (nSPS) is 16.4. The van der Waals surface area contributed by atoms with Gasteiger partial charge in [0.1, 0.15) is 11.5 Å². The lowest BCUT2D eigenvalue weighted by molar-refractivity contribution is 0.0993. The van der Waals surface area contributed by atoms with Gasteiger partial charge in [0.05, 0.1) is 12.8 Å². The highest BCUT2D eigenvalue weighted by Gasteiger charge is 2.36. The molecule has 3 amide bonds. The molecule has 28 heavy (non-hydrogen) atoms. The molecule has 0 saturated carbocycles. The van der Waals surface area contributed by atoms with Gasteiger partial charge in [-0.15, -0.1) is 0 Å². The van der Waals surface area contributed by atoms with E-state index >= 15 is 0 Å². The van der Waals surface area contributed by atoms with Crippen molar-refractivity contribution in [2.45, 2.75) is 33.6 Å². The second-order valence-corrected chi connectivity index (χ2v) is 7.59. The van der Waals surface area contributed by atoms with Gasteiger partial charge in [-0.05, 0) is 43.0 Å². The van der Waals surface area contributed by atoms with E-state index in [4.69, 9.17) is 14.9 Å². The Balaban J connectivity index is 1.92. The molecule has 1 aliphatic carbocycles.